The predicted octanol–water partition coefficient (Wildman–Crippen LogP) is 4.31. The Morgan fingerprint density at radius 2 is 1.94 bits per heavy atom. The van der Waals surface area contributed by atoms with Gasteiger partial charge in [-0.3, -0.25) is 0 Å². The van der Waals surface area contributed by atoms with E-state index >= 15 is 0 Å². The maximum Gasteiger partial charge on any atom is 0.141 e. The lowest BCUT2D eigenvalue weighted by Crippen LogP contribution is -1.93. The van der Waals surface area contributed by atoms with Gasteiger partial charge < -0.3 is 9.73 Å². The third-order valence-electron chi connectivity index (χ3n) is 2.75. The zero-order valence-corrected chi connectivity index (χ0v) is 10.3. The standard InChI is InChI=1S/C14H11ClN2O/c15-9-10-1-3-11(4-2-10)17-14-12-6-8-18-13(12)5-7-16-14/h1-8H,9H2,(H,16,17). The largest absolute Gasteiger partial charge is 0.464 e. The van der Waals surface area contributed by atoms with Crippen LogP contribution in [0.2, 0.25) is 0 Å². The van der Waals surface area contributed by atoms with E-state index in [1.165, 1.54) is 0 Å². The summed E-state index contributed by atoms with van der Waals surface area (Å²) in [5, 5.41) is 4.24. The first-order valence-corrected chi connectivity index (χ1v) is 6.14. The molecule has 0 atom stereocenters. The van der Waals surface area contributed by atoms with Gasteiger partial charge in [-0.05, 0) is 29.8 Å². The molecule has 0 spiro atoms. The first kappa shape index (κ1) is 11.1. The van der Waals surface area contributed by atoms with Crippen LogP contribution in [0.25, 0.3) is 11.0 Å². The van der Waals surface area contributed by atoms with Crippen molar-refractivity contribution < 1.29 is 4.42 Å². The van der Waals surface area contributed by atoms with Gasteiger partial charge in [-0.2, -0.15) is 0 Å². The van der Waals surface area contributed by atoms with Gasteiger partial charge in [-0.15, -0.1) is 11.6 Å². The zero-order valence-electron chi connectivity index (χ0n) is 9.56. The highest BCUT2D eigenvalue weighted by atomic mass is 35.5. The topological polar surface area (TPSA) is 38.1 Å². The fraction of sp³-hybridized carbons (Fsp3) is 0.0714. The van der Waals surface area contributed by atoms with Crippen molar-refractivity contribution in [2.24, 2.45) is 0 Å². The van der Waals surface area contributed by atoms with Crippen molar-refractivity contribution in [3.63, 3.8) is 0 Å². The lowest BCUT2D eigenvalue weighted by atomic mass is 10.2. The van der Waals surface area contributed by atoms with Gasteiger partial charge in [0.1, 0.15) is 11.4 Å². The second-order valence-electron chi connectivity index (χ2n) is 3.95. The molecule has 3 nitrogen and oxygen atoms in total. The van der Waals surface area contributed by atoms with Gasteiger partial charge in [0.25, 0.3) is 0 Å². The van der Waals surface area contributed by atoms with Crippen LogP contribution in [-0.2, 0) is 5.88 Å². The monoisotopic (exact) mass is 258 g/mol. The molecule has 4 heteroatoms. The minimum Gasteiger partial charge on any atom is -0.464 e. The molecule has 0 aliphatic rings. The molecule has 0 unspecified atom stereocenters. The molecule has 2 heterocycles. The Morgan fingerprint density at radius 1 is 1.11 bits per heavy atom. The maximum atomic E-state index is 5.76. The van der Waals surface area contributed by atoms with Crippen LogP contribution in [0.5, 0.6) is 0 Å². The third-order valence-corrected chi connectivity index (χ3v) is 3.06. The Balaban J connectivity index is 1.93. The summed E-state index contributed by atoms with van der Waals surface area (Å²) in [5.74, 6) is 1.32. The maximum absolute atomic E-state index is 5.76. The zero-order chi connectivity index (χ0) is 12.4. The molecule has 0 fully saturated rings. The van der Waals surface area contributed by atoms with Gasteiger partial charge in [0.2, 0.25) is 0 Å². The number of nitrogens with one attached hydrogen (secondary N) is 1. The van der Waals surface area contributed by atoms with Gasteiger partial charge in [-0.1, -0.05) is 12.1 Å². The van der Waals surface area contributed by atoms with Gasteiger partial charge in [-0.25, -0.2) is 4.98 Å². The van der Waals surface area contributed by atoms with Crippen molar-refractivity contribution in [2.45, 2.75) is 5.88 Å². The van der Waals surface area contributed by atoms with E-state index in [1.54, 1.807) is 12.5 Å². The number of fused-ring (bicyclic) bond motifs is 1. The summed E-state index contributed by atoms with van der Waals surface area (Å²) >= 11 is 5.76. The number of halogens is 1. The number of nitrogens with zero attached hydrogens (tertiary/aromatic N) is 1. The van der Waals surface area contributed by atoms with E-state index in [4.69, 9.17) is 16.0 Å². The van der Waals surface area contributed by atoms with Gasteiger partial charge in [0, 0.05) is 17.8 Å². The minimum absolute atomic E-state index is 0.524. The van der Waals surface area contributed by atoms with Crippen LogP contribution in [0.1, 0.15) is 5.56 Å². The highest BCUT2D eigenvalue weighted by Gasteiger charge is 2.04. The predicted molar refractivity (Wildman–Crippen MR) is 73.3 cm³/mol. The van der Waals surface area contributed by atoms with Crippen LogP contribution in [0.4, 0.5) is 11.5 Å². The van der Waals surface area contributed by atoms with E-state index in [2.05, 4.69) is 10.3 Å². The number of aromatic nitrogens is 1. The molecule has 3 aromatic rings. The van der Waals surface area contributed by atoms with E-state index in [9.17, 15) is 0 Å². The Hall–Kier alpha value is -2.00. The van der Waals surface area contributed by atoms with E-state index in [1.807, 2.05) is 36.4 Å². The minimum atomic E-state index is 0.524. The van der Waals surface area contributed by atoms with Crippen molar-refractivity contribution in [1.82, 2.24) is 4.98 Å². The fourth-order valence-electron chi connectivity index (χ4n) is 1.81. The smallest absolute Gasteiger partial charge is 0.141 e. The quantitative estimate of drug-likeness (QED) is 0.712. The second-order valence-corrected chi connectivity index (χ2v) is 4.21. The van der Waals surface area contributed by atoms with Crippen LogP contribution in [0, 0.1) is 0 Å². The van der Waals surface area contributed by atoms with Crippen molar-refractivity contribution in [3.05, 3.63) is 54.4 Å². The molecule has 0 radical (unpaired) electrons. The van der Waals surface area contributed by atoms with Crippen LogP contribution in [0.15, 0.2) is 53.3 Å². The highest BCUT2D eigenvalue weighted by molar-refractivity contribution is 6.17. The number of rotatable bonds is 3. The Bertz CT molecular complexity index is 661. The second kappa shape index (κ2) is 4.70. The molecule has 2 aromatic heterocycles. The molecular weight excluding hydrogens is 248 g/mol. The number of alkyl halides is 1. The van der Waals surface area contributed by atoms with Crippen molar-refractivity contribution in [2.75, 3.05) is 5.32 Å². The first-order chi connectivity index (χ1) is 8.86. The van der Waals surface area contributed by atoms with Crippen LogP contribution >= 0.6 is 11.6 Å². The molecule has 18 heavy (non-hydrogen) atoms. The number of pyridine rings is 1. The van der Waals surface area contributed by atoms with E-state index in [-0.39, 0.29) is 0 Å². The fourth-order valence-corrected chi connectivity index (χ4v) is 1.99. The van der Waals surface area contributed by atoms with Crippen LogP contribution < -0.4 is 5.32 Å². The Morgan fingerprint density at radius 3 is 2.72 bits per heavy atom. The first-order valence-electron chi connectivity index (χ1n) is 5.61. The molecule has 0 amide bonds. The number of hydrogen-bond acceptors (Lipinski definition) is 3. The van der Waals surface area contributed by atoms with E-state index in [0.29, 0.717) is 5.88 Å². The van der Waals surface area contributed by atoms with E-state index in [0.717, 1.165) is 28.0 Å². The average molecular weight is 259 g/mol. The van der Waals surface area contributed by atoms with Crippen LogP contribution in [-0.4, -0.2) is 4.98 Å². The summed E-state index contributed by atoms with van der Waals surface area (Å²) in [7, 11) is 0. The average Bonchev–Trinajstić information content (AvgIpc) is 2.89. The van der Waals surface area contributed by atoms with Crippen molar-refractivity contribution in [3.8, 4) is 0 Å². The normalized spacial score (nSPS) is 10.7. The molecule has 0 aliphatic carbocycles. The molecule has 1 N–H and O–H groups in total. The van der Waals surface area contributed by atoms with Gasteiger partial charge >= 0.3 is 0 Å². The summed E-state index contributed by atoms with van der Waals surface area (Å²) < 4.78 is 5.34. The summed E-state index contributed by atoms with van der Waals surface area (Å²) in [6.07, 6.45) is 3.38. The molecule has 1 aromatic carbocycles. The number of furan rings is 1. The SMILES string of the molecule is ClCc1ccc(Nc2nccc3occc23)cc1. The third kappa shape index (κ3) is 2.05. The summed E-state index contributed by atoms with van der Waals surface area (Å²) in [4.78, 5) is 4.32. The van der Waals surface area contributed by atoms with Crippen molar-refractivity contribution >= 4 is 34.1 Å². The molecule has 90 valence electrons. The van der Waals surface area contributed by atoms with E-state index < -0.39 is 0 Å². The lowest BCUT2D eigenvalue weighted by Gasteiger charge is -2.06. The number of hydrogen-bond donors (Lipinski definition) is 1. The molecule has 3 rings (SSSR count). The molecule has 0 aliphatic heterocycles. The Labute approximate surface area is 109 Å². The summed E-state index contributed by atoms with van der Waals surface area (Å²) in [6, 6.07) is 11.7. The summed E-state index contributed by atoms with van der Waals surface area (Å²) in [6.45, 7) is 0. The van der Waals surface area contributed by atoms with Crippen molar-refractivity contribution in [1.29, 1.82) is 0 Å². The highest BCUT2D eigenvalue weighted by Crippen LogP contribution is 2.25. The Kier molecular flexibility index (Phi) is 2.90. The number of benzene rings is 1. The molecule has 0 bridgehead atoms. The molecule has 0 saturated heterocycles. The lowest BCUT2D eigenvalue weighted by molar-refractivity contribution is 0.615. The van der Waals surface area contributed by atoms with Gasteiger partial charge in [0.05, 0.1) is 11.6 Å². The van der Waals surface area contributed by atoms with Gasteiger partial charge in [0.15, 0.2) is 0 Å². The molecular formula is C14H11ClN2O. The molecule has 0 saturated carbocycles. The summed E-state index contributed by atoms with van der Waals surface area (Å²) in [5.41, 5.74) is 2.90. The van der Waals surface area contributed by atoms with Crippen LogP contribution in [0.3, 0.4) is 0 Å². The number of anilines is 2.